The lowest BCUT2D eigenvalue weighted by atomic mass is 9.91. The lowest BCUT2D eigenvalue weighted by Crippen LogP contribution is -2.07. The number of allylic oxidation sites excluding steroid dienone is 1. The van der Waals surface area contributed by atoms with Crippen LogP contribution in [0, 0.1) is 5.41 Å². The van der Waals surface area contributed by atoms with Gasteiger partial charge in [-0.15, -0.1) is 0 Å². The Bertz CT molecular complexity index is 369. The Morgan fingerprint density at radius 1 is 1.20 bits per heavy atom. The minimum Gasteiger partial charge on any atom is -0.478 e. The monoisotopic (exact) mass is 204 g/mol. The predicted molar refractivity (Wildman–Crippen MR) is 61.5 cm³/mol. The number of carboxylic acid groups (broad SMARTS) is 1. The van der Waals surface area contributed by atoms with Gasteiger partial charge in [0.15, 0.2) is 0 Å². The molecule has 80 valence electrons. The van der Waals surface area contributed by atoms with E-state index in [2.05, 4.69) is 0 Å². The topological polar surface area (TPSA) is 37.3 Å². The highest BCUT2D eigenvalue weighted by molar-refractivity contribution is 6.15. The molecule has 1 N–H and O–H groups in total. The van der Waals surface area contributed by atoms with Crippen LogP contribution in [0.5, 0.6) is 0 Å². The van der Waals surface area contributed by atoms with Gasteiger partial charge in [0.1, 0.15) is 0 Å². The van der Waals surface area contributed by atoms with Crippen LogP contribution >= 0.6 is 0 Å². The van der Waals surface area contributed by atoms with E-state index in [0.29, 0.717) is 5.57 Å². The molecule has 0 radical (unpaired) electrons. The van der Waals surface area contributed by atoms with Crippen molar-refractivity contribution in [2.75, 3.05) is 0 Å². The number of hydrogen-bond donors (Lipinski definition) is 1. The zero-order valence-electron chi connectivity index (χ0n) is 9.32. The Morgan fingerprint density at radius 2 is 1.73 bits per heavy atom. The molecular formula is C13H16O2. The van der Waals surface area contributed by atoms with Crippen LogP contribution in [0.1, 0.15) is 26.3 Å². The molecule has 1 aromatic rings. The Kier molecular flexibility index (Phi) is 3.30. The molecule has 1 aromatic carbocycles. The predicted octanol–water partition coefficient (Wildman–Crippen LogP) is 3.20. The van der Waals surface area contributed by atoms with E-state index in [1.807, 2.05) is 51.1 Å². The first-order valence-electron chi connectivity index (χ1n) is 4.92. The summed E-state index contributed by atoms with van der Waals surface area (Å²) >= 11 is 0. The minimum atomic E-state index is -0.879. The van der Waals surface area contributed by atoms with E-state index < -0.39 is 5.97 Å². The Morgan fingerprint density at radius 3 is 2.13 bits per heavy atom. The Balaban J connectivity index is 3.16. The summed E-state index contributed by atoms with van der Waals surface area (Å²) in [6.07, 6.45) is 1.78. The fourth-order valence-electron chi connectivity index (χ4n) is 1.32. The van der Waals surface area contributed by atoms with E-state index in [9.17, 15) is 4.79 Å². The van der Waals surface area contributed by atoms with E-state index in [1.54, 1.807) is 6.08 Å². The molecule has 0 bridgehead atoms. The molecule has 0 aromatic heterocycles. The number of carboxylic acids is 1. The van der Waals surface area contributed by atoms with Crippen molar-refractivity contribution in [2.24, 2.45) is 5.41 Å². The molecule has 0 unspecified atom stereocenters. The highest BCUT2D eigenvalue weighted by Crippen LogP contribution is 2.23. The molecule has 0 heterocycles. The van der Waals surface area contributed by atoms with Crippen molar-refractivity contribution in [1.82, 2.24) is 0 Å². The Labute approximate surface area is 90.3 Å². The average molecular weight is 204 g/mol. The molecule has 0 atom stereocenters. The molecule has 0 aliphatic heterocycles. The lowest BCUT2D eigenvalue weighted by Gasteiger charge is -2.14. The third-order valence-electron chi connectivity index (χ3n) is 1.89. The van der Waals surface area contributed by atoms with Gasteiger partial charge in [-0.05, 0) is 11.0 Å². The van der Waals surface area contributed by atoms with Gasteiger partial charge in [0.2, 0.25) is 0 Å². The van der Waals surface area contributed by atoms with E-state index in [4.69, 9.17) is 5.11 Å². The number of aliphatic carboxylic acids is 1. The van der Waals surface area contributed by atoms with Gasteiger partial charge in [-0.3, -0.25) is 0 Å². The second kappa shape index (κ2) is 4.30. The third-order valence-corrected chi connectivity index (χ3v) is 1.89. The second-order valence-corrected chi connectivity index (χ2v) is 4.60. The summed E-state index contributed by atoms with van der Waals surface area (Å²) < 4.78 is 0. The largest absolute Gasteiger partial charge is 0.478 e. The number of carbonyl (C=O) groups is 1. The van der Waals surface area contributed by atoms with Crippen LogP contribution in [0.4, 0.5) is 0 Å². The first kappa shape index (κ1) is 11.5. The van der Waals surface area contributed by atoms with E-state index >= 15 is 0 Å². The van der Waals surface area contributed by atoms with Gasteiger partial charge >= 0.3 is 5.97 Å². The maximum absolute atomic E-state index is 11.1. The minimum absolute atomic E-state index is 0.135. The third kappa shape index (κ3) is 3.58. The smallest absolute Gasteiger partial charge is 0.335 e. The van der Waals surface area contributed by atoms with Gasteiger partial charge in [-0.1, -0.05) is 57.2 Å². The SMILES string of the molecule is CC(C)(C)/C=C(\C(=O)O)c1ccccc1. The Hall–Kier alpha value is -1.57. The van der Waals surface area contributed by atoms with Crippen molar-refractivity contribution in [1.29, 1.82) is 0 Å². The molecule has 1 rings (SSSR count). The van der Waals surface area contributed by atoms with Crippen LogP contribution in [0.2, 0.25) is 0 Å². The molecule has 2 nitrogen and oxygen atoms in total. The van der Waals surface area contributed by atoms with Gasteiger partial charge in [-0.2, -0.15) is 0 Å². The van der Waals surface area contributed by atoms with Gasteiger partial charge in [0.05, 0.1) is 5.57 Å². The summed E-state index contributed by atoms with van der Waals surface area (Å²) in [4.78, 5) is 11.1. The molecular weight excluding hydrogens is 188 g/mol. The lowest BCUT2D eigenvalue weighted by molar-refractivity contribution is -0.130. The first-order chi connectivity index (χ1) is 6.90. The van der Waals surface area contributed by atoms with Gasteiger partial charge in [-0.25, -0.2) is 4.79 Å². The summed E-state index contributed by atoms with van der Waals surface area (Å²) in [6.45, 7) is 5.96. The van der Waals surface area contributed by atoms with Crippen molar-refractivity contribution in [3.8, 4) is 0 Å². The highest BCUT2D eigenvalue weighted by atomic mass is 16.4. The summed E-state index contributed by atoms with van der Waals surface area (Å²) in [6, 6.07) is 9.18. The van der Waals surface area contributed by atoms with E-state index in [-0.39, 0.29) is 5.41 Å². The van der Waals surface area contributed by atoms with E-state index in [1.165, 1.54) is 0 Å². The van der Waals surface area contributed by atoms with Gasteiger partial charge in [0, 0.05) is 0 Å². The number of rotatable bonds is 2. The molecule has 0 aliphatic carbocycles. The van der Waals surface area contributed by atoms with Crippen molar-refractivity contribution in [2.45, 2.75) is 20.8 Å². The fourth-order valence-corrected chi connectivity index (χ4v) is 1.32. The first-order valence-corrected chi connectivity index (χ1v) is 4.92. The van der Waals surface area contributed by atoms with Crippen LogP contribution in [0.3, 0.4) is 0 Å². The zero-order valence-corrected chi connectivity index (χ0v) is 9.32. The summed E-state index contributed by atoms with van der Waals surface area (Å²) in [5, 5.41) is 9.12. The second-order valence-electron chi connectivity index (χ2n) is 4.60. The molecule has 0 amide bonds. The van der Waals surface area contributed by atoms with Crippen LogP contribution in [-0.4, -0.2) is 11.1 Å². The summed E-state index contributed by atoms with van der Waals surface area (Å²) in [7, 11) is 0. The van der Waals surface area contributed by atoms with E-state index in [0.717, 1.165) is 5.56 Å². The zero-order chi connectivity index (χ0) is 11.5. The average Bonchev–Trinajstić information content (AvgIpc) is 2.14. The molecule has 15 heavy (non-hydrogen) atoms. The van der Waals surface area contributed by atoms with Crippen molar-refractivity contribution >= 4 is 11.5 Å². The standard InChI is InChI=1S/C13H16O2/c1-13(2,3)9-11(12(14)15)10-7-5-4-6-8-10/h4-9H,1-3H3,(H,14,15)/b11-9-. The fraction of sp³-hybridized carbons (Fsp3) is 0.308. The van der Waals surface area contributed by atoms with Crippen LogP contribution in [0.15, 0.2) is 36.4 Å². The van der Waals surface area contributed by atoms with Crippen molar-refractivity contribution in [3.63, 3.8) is 0 Å². The summed E-state index contributed by atoms with van der Waals surface area (Å²) in [5.41, 5.74) is 0.979. The maximum atomic E-state index is 11.1. The van der Waals surface area contributed by atoms with Crippen molar-refractivity contribution < 1.29 is 9.90 Å². The van der Waals surface area contributed by atoms with Gasteiger partial charge in [0.25, 0.3) is 0 Å². The summed E-state index contributed by atoms with van der Waals surface area (Å²) in [5.74, 6) is -0.879. The van der Waals surface area contributed by atoms with Crippen LogP contribution in [0.25, 0.3) is 5.57 Å². The molecule has 2 heteroatoms. The molecule has 0 spiro atoms. The maximum Gasteiger partial charge on any atom is 0.335 e. The van der Waals surface area contributed by atoms with Crippen LogP contribution in [-0.2, 0) is 4.79 Å². The normalized spacial score (nSPS) is 12.6. The number of hydrogen-bond acceptors (Lipinski definition) is 1. The number of benzene rings is 1. The highest BCUT2D eigenvalue weighted by Gasteiger charge is 2.15. The molecule has 0 saturated heterocycles. The molecule has 0 aliphatic rings. The van der Waals surface area contributed by atoms with Gasteiger partial charge < -0.3 is 5.11 Å². The molecule has 0 fully saturated rings. The van der Waals surface area contributed by atoms with Crippen LogP contribution < -0.4 is 0 Å². The quantitative estimate of drug-likeness (QED) is 0.751. The molecule has 0 saturated carbocycles. The van der Waals surface area contributed by atoms with Crippen molar-refractivity contribution in [3.05, 3.63) is 42.0 Å².